The highest BCUT2D eigenvalue weighted by atomic mass is 35.5. The number of thiophene rings is 1. The van der Waals surface area contributed by atoms with Crippen LogP contribution in [0.4, 0.5) is 0 Å². The zero-order valence-electron chi connectivity index (χ0n) is 12.8. The maximum Gasteiger partial charge on any atom is 0.258 e. The first-order valence-corrected chi connectivity index (χ1v) is 8.74. The molecule has 24 heavy (non-hydrogen) atoms. The van der Waals surface area contributed by atoms with Gasteiger partial charge in [-0.1, -0.05) is 54.1 Å². The van der Waals surface area contributed by atoms with E-state index in [0.29, 0.717) is 10.8 Å². The molecular formula is C19H16ClNO2S. The van der Waals surface area contributed by atoms with Crippen molar-refractivity contribution in [2.75, 3.05) is 6.61 Å². The zero-order chi connectivity index (χ0) is 16.8. The van der Waals surface area contributed by atoms with Crippen LogP contribution in [0.3, 0.4) is 0 Å². The Balaban J connectivity index is 1.68. The van der Waals surface area contributed by atoms with E-state index >= 15 is 0 Å². The molecule has 0 aliphatic heterocycles. The number of halogens is 1. The van der Waals surface area contributed by atoms with Crippen molar-refractivity contribution in [2.24, 2.45) is 0 Å². The Morgan fingerprint density at radius 3 is 2.62 bits per heavy atom. The standard InChI is InChI=1S/C19H16ClNO2S/c20-15-8-4-9-16(12-15)23-13-18(22)21-19(17-10-5-11-24-17)14-6-2-1-3-7-14/h1-12,19H,13H2,(H,21,22). The maximum atomic E-state index is 12.3. The largest absolute Gasteiger partial charge is 0.484 e. The first-order valence-electron chi connectivity index (χ1n) is 7.48. The molecule has 0 fully saturated rings. The molecule has 5 heteroatoms. The van der Waals surface area contributed by atoms with Crippen LogP contribution in [0.15, 0.2) is 72.1 Å². The fourth-order valence-corrected chi connectivity index (χ4v) is 3.31. The number of carbonyl (C=O) groups is 1. The van der Waals surface area contributed by atoms with Crippen molar-refractivity contribution in [3.8, 4) is 5.75 Å². The van der Waals surface area contributed by atoms with E-state index in [1.54, 1.807) is 35.6 Å². The van der Waals surface area contributed by atoms with Gasteiger partial charge in [-0.3, -0.25) is 4.79 Å². The van der Waals surface area contributed by atoms with Crippen molar-refractivity contribution in [1.29, 1.82) is 0 Å². The Hall–Kier alpha value is -2.30. The van der Waals surface area contributed by atoms with Gasteiger partial charge in [-0.25, -0.2) is 0 Å². The van der Waals surface area contributed by atoms with Crippen LogP contribution in [0.2, 0.25) is 5.02 Å². The minimum Gasteiger partial charge on any atom is -0.484 e. The van der Waals surface area contributed by atoms with Crippen molar-refractivity contribution in [3.05, 3.63) is 87.6 Å². The van der Waals surface area contributed by atoms with Crippen LogP contribution in [0, 0.1) is 0 Å². The van der Waals surface area contributed by atoms with Crippen molar-refractivity contribution in [3.63, 3.8) is 0 Å². The van der Waals surface area contributed by atoms with Gasteiger partial charge >= 0.3 is 0 Å². The van der Waals surface area contributed by atoms with Crippen molar-refractivity contribution in [1.82, 2.24) is 5.32 Å². The third-order valence-corrected chi connectivity index (χ3v) is 4.60. The molecule has 0 radical (unpaired) electrons. The van der Waals surface area contributed by atoms with E-state index in [2.05, 4.69) is 5.32 Å². The summed E-state index contributed by atoms with van der Waals surface area (Å²) in [6, 6.07) is 20.7. The molecule has 1 aromatic heterocycles. The van der Waals surface area contributed by atoms with Crippen LogP contribution in [-0.4, -0.2) is 12.5 Å². The van der Waals surface area contributed by atoms with Gasteiger partial charge in [0, 0.05) is 9.90 Å². The SMILES string of the molecule is O=C(COc1cccc(Cl)c1)NC(c1ccccc1)c1cccs1. The van der Waals surface area contributed by atoms with Gasteiger partial charge in [0.25, 0.3) is 5.91 Å². The van der Waals surface area contributed by atoms with Crippen LogP contribution in [0.25, 0.3) is 0 Å². The second-order valence-corrected chi connectivity index (χ2v) is 6.59. The average Bonchev–Trinajstić information content (AvgIpc) is 3.13. The van der Waals surface area contributed by atoms with E-state index in [1.165, 1.54) is 0 Å². The van der Waals surface area contributed by atoms with Gasteiger partial charge in [0.2, 0.25) is 0 Å². The van der Waals surface area contributed by atoms with Crippen molar-refractivity contribution >= 4 is 28.8 Å². The minimum absolute atomic E-state index is 0.0605. The molecule has 3 rings (SSSR count). The topological polar surface area (TPSA) is 38.3 Å². The second-order valence-electron chi connectivity index (χ2n) is 5.17. The number of nitrogens with one attached hydrogen (secondary N) is 1. The zero-order valence-corrected chi connectivity index (χ0v) is 14.4. The van der Waals surface area contributed by atoms with E-state index in [4.69, 9.17) is 16.3 Å². The van der Waals surface area contributed by atoms with Gasteiger partial charge in [-0.05, 0) is 35.2 Å². The number of hydrogen-bond donors (Lipinski definition) is 1. The van der Waals surface area contributed by atoms with Gasteiger partial charge in [-0.15, -0.1) is 11.3 Å². The molecule has 1 N–H and O–H groups in total. The summed E-state index contributed by atoms with van der Waals surface area (Å²) in [6.07, 6.45) is 0. The number of hydrogen-bond acceptors (Lipinski definition) is 3. The average molecular weight is 358 g/mol. The summed E-state index contributed by atoms with van der Waals surface area (Å²) in [4.78, 5) is 13.4. The van der Waals surface area contributed by atoms with E-state index in [1.807, 2.05) is 47.8 Å². The van der Waals surface area contributed by atoms with E-state index in [9.17, 15) is 4.79 Å². The molecule has 3 aromatic rings. The fraction of sp³-hybridized carbons (Fsp3) is 0.105. The van der Waals surface area contributed by atoms with Crippen molar-refractivity contribution < 1.29 is 9.53 Å². The van der Waals surface area contributed by atoms with Crippen LogP contribution >= 0.6 is 22.9 Å². The lowest BCUT2D eigenvalue weighted by atomic mass is 10.1. The molecular weight excluding hydrogens is 342 g/mol. The molecule has 1 unspecified atom stereocenters. The molecule has 1 amide bonds. The molecule has 0 spiro atoms. The van der Waals surface area contributed by atoms with Gasteiger partial charge in [0.15, 0.2) is 6.61 Å². The quantitative estimate of drug-likeness (QED) is 0.695. The van der Waals surface area contributed by atoms with Crippen LogP contribution in [-0.2, 0) is 4.79 Å². The molecule has 122 valence electrons. The first kappa shape index (κ1) is 16.6. The van der Waals surface area contributed by atoms with Gasteiger partial charge in [0.1, 0.15) is 5.75 Å². The summed E-state index contributed by atoms with van der Waals surface area (Å²) < 4.78 is 5.51. The Bertz CT molecular complexity index is 790. The molecule has 1 heterocycles. The lowest BCUT2D eigenvalue weighted by Gasteiger charge is -2.18. The van der Waals surface area contributed by atoms with Gasteiger partial charge < -0.3 is 10.1 Å². The molecule has 0 aliphatic carbocycles. The summed E-state index contributed by atoms with van der Waals surface area (Å²) in [6.45, 7) is -0.0605. The number of ether oxygens (including phenoxy) is 1. The third-order valence-electron chi connectivity index (χ3n) is 3.43. The van der Waals surface area contributed by atoms with Gasteiger partial charge in [-0.2, -0.15) is 0 Å². The lowest BCUT2D eigenvalue weighted by molar-refractivity contribution is -0.123. The van der Waals surface area contributed by atoms with Crippen LogP contribution in [0.5, 0.6) is 5.75 Å². The predicted molar refractivity (Wildman–Crippen MR) is 97.7 cm³/mol. The molecule has 1 atom stereocenters. The number of amides is 1. The van der Waals surface area contributed by atoms with E-state index in [0.717, 1.165) is 10.4 Å². The predicted octanol–water partition coefficient (Wildman–Crippen LogP) is 4.69. The molecule has 0 bridgehead atoms. The normalized spacial score (nSPS) is 11.7. The summed E-state index contributed by atoms with van der Waals surface area (Å²) >= 11 is 7.52. The number of benzene rings is 2. The smallest absolute Gasteiger partial charge is 0.258 e. The molecule has 0 saturated carbocycles. The monoisotopic (exact) mass is 357 g/mol. The second kappa shape index (κ2) is 7.99. The number of carbonyl (C=O) groups excluding carboxylic acids is 1. The fourth-order valence-electron chi connectivity index (χ4n) is 2.33. The molecule has 0 saturated heterocycles. The summed E-state index contributed by atoms with van der Waals surface area (Å²) in [5.74, 6) is 0.391. The summed E-state index contributed by atoms with van der Waals surface area (Å²) in [5, 5.41) is 5.61. The number of rotatable bonds is 6. The van der Waals surface area contributed by atoms with Gasteiger partial charge in [0.05, 0.1) is 6.04 Å². The summed E-state index contributed by atoms with van der Waals surface area (Å²) in [5.41, 5.74) is 1.04. The Labute approximate surface area is 149 Å². The Morgan fingerprint density at radius 1 is 1.08 bits per heavy atom. The van der Waals surface area contributed by atoms with Crippen LogP contribution in [0.1, 0.15) is 16.5 Å². The highest BCUT2D eigenvalue weighted by Crippen LogP contribution is 2.26. The summed E-state index contributed by atoms with van der Waals surface area (Å²) in [7, 11) is 0. The van der Waals surface area contributed by atoms with Crippen LogP contribution < -0.4 is 10.1 Å². The van der Waals surface area contributed by atoms with E-state index < -0.39 is 0 Å². The maximum absolute atomic E-state index is 12.3. The third kappa shape index (κ3) is 4.37. The molecule has 0 aliphatic rings. The highest BCUT2D eigenvalue weighted by Gasteiger charge is 2.17. The van der Waals surface area contributed by atoms with E-state index in [-0.39, 0.29) is 18.6 Å². The Morgan fingerprint density at radius 2 is 1.92 bits per heavy atom. The Kier molecular flexibility index (Phi) is 5.51. The highest BCUT2D eigenvalue weighted by molar-refractivity contribution is 7.10. The molecule has 3 nitrogen and oxygen atoms in total. The first-order chi connectivity index (χ1) is 11.7. The lowest BCUT2D eigenvalue weighted by Crippen LogP contribution is -2.32. The molecule has 2 aromatic carbocycles. The van der Waals surface area contributed by atoms with Crippen molar-refractivity contribution in [2.45, 2.75) is 6.04 Å². The minimum atomic E-state index is -0.183.